The monoisotopic (exact) mass is 304 g/mol. The quantitative estimate of drug-likeness (QED) is 0.943. The highest BCUT2D eigenvalue weighted by Crippen LogP contribution is 2.23. The SMILES string of the molecule is Oc1ccc(N2CCC(Oc3ccc(Cl)cc3)CC2)nc1. The van der Waals surface area contributed by atoms with Crippen molar-refractivity contribution in [3.05, 3.63) is 47.6 Å². The number of benzene rings is 1. The molecule has 5 heteroatoms. The van der Waals surface area contributed by atoms with E-state index in [1.54, 1.807) is 6.07 Å². The molecule has 1 aromatic heterocycles. The summed E-state index contributed by atoms with van der Waals surface area (Å²) in [5.74, 6) is 1.96. The molecule has 1 aromatic carbocycles. The molecule has 4 nitrogen and oxygen atoms in total. The fourth-order valence-corrected chi connectivity index (χ4v) is 2.60. The van der Waals surface area contributed by atoms with Crippen molar-refractivity contribution in [3.8, 4) is 11.5 Å². The first kappa shape index (κ1) is 14.0. The Morgan fingerprint density at radius 2 is 1.81 bits per heavy atom. The number of hydrogen-bond donors (Lipinski definition) is 1. The van der Waals surface area contributed by atoms with Crippen LogP contribution in [0, 0.1) is 0 Å². The lowest BCUT2D eigenvalue weighted by Gasteiger charge is -2.32. The smallest absolute Gasteiger partial charge is 0.134 e. The van der Waals surface area contributed by atoms with E-state index in [9.17, 15) is 5.11 Å². The number of hydrogen-bond acceptors (Lipinski definition) is 4. The van der Waals surface area contributed by atoms with Crippen molar-refractivity contribution >= 4 is 17.4 Å². The predicted molar refractivity (Wildman–Crippen MR) is 83.2 cm³/mol. The first-order valence-electron chi connectivity index (χ1n) is 7.03. The maximum atomic E-state index is 9.27. The van der Waals surface area contributed by atoms with E-state index in [1.165, 1.54) is 6.20 Å². The summed E-state index contributed by atoms with van der Waals surface area (Å²) in [6.45, 7) is 1.80. The van der Waals surface area contributed by atoms with Gasteiger partial charge < -0.3 is 14.7 Å². The lowest BCUT2D eigenvalue weighted by Crippen LogP contribution is -2.38. The standard InChI is InChI=1S/C16H17ClN2O2/c17-12-1-4-14(5-2-12)21-15-7-9-19(10-8-15)16-6-3-13(20)11-18-16/h1-6,11,15,20H,7-10H2. The van der Waals surface area contributed by atoms with Crippen LogP contribution >= 0.6 is 11.6 Å². The van der Waals surface area contributed by atoms with Gasteiger partial charge in [0.1, 0.15) is 23.4 Å². The molecule has 0 amide bonds. The Morgan fingerprint density at radius 1 is 1.10 bits per heavy atom. The molecule has 0 spiro atoms. The van der Waals surface area contributed by atoms with E-state index in [-0.39, 0.29) is 11.9 Å². The molecule has 110 valence electrons. The van der Waals surface area contributed by atoms with E-state index in [0.29, 0.717) is 0 Å². The molecule has 3 rings (SSSR count). The number of piperidine rings is 1. The van der Waals surface area contributed by atoms with E-state index >= 15 is 0 Å². The van der Waals surface area contributed by atoms with Gasteiger partial charge in [0.25, 0.3) is 0 Å². The number of rotatable bonds is 3. The highest BCUT2D eigenvalue weighted by Gasteiger charge is 2.21. The molecule has 0 radical (unpaired) electrons. The molecular weight excluding hydrogens is 288 g/mol. The summed E-state index contributed by atoms with van der Waals surface area (Å²) in [6.07, 6.45) is 3.60. The largest absolute Gasteiger partial charge is 0.506 e. The van der Waals surface area contributed by atoms with Gasteiger partial charge in [0.15, 0.2) is 0 Å². The van der Waals surface area contributed by atoms with E-state index in [0.717, 1.165) is 42.5 Å². The second-order valence-electron chi connectivity index (χ2n) is 5.13. The van der Waals surface area contributed by atoms with E-state index in [2.05, 4.69) is 9.88 Å². The molecule has 2 heterocycles. The zero-order valence-corrected chi connectivity index (χ0v) is 12.3. The van der Waals surface area contributed by atoms with E-state index < -0.39 is 0 Å². The van der Waals surface area contributed by atoms with Crippen LogP contribution in [-0.4, -0.2) is 29.3 Å². The van der Waals surface area contributed by atoms with Gasteiger partial charge in [-0.25, -0.2) is 4.98 Å². The fraction of sp³-hybridized carbons (Fsp3) is 0.312. The van der Waals surface area contributed by atoms with Gasteiger partial charge in [0.2, 0.25) is 0 Å². The van der Waals surface area contributed by atoms with Crippen LogP contribution in [0.15, 0.2) is 42.6 Å². The first-order valence-corrected chi connectivity index (χ1v) is 7.41. The zero-order chi connectivity index (χ0) is 14.7. The van der Waals surface area contributed by atoms with Crippen molar-refractivity contribution in [2.45, 2.75) is 18.9 Å². The Kier molecular flexibility index (Phi) is 4.15. The van der Waals surface area contributed by atoms with Gasteiger partial charge in [-0.2, -0.15) is 0 Å². The number of nitrogens with zero attached hydrogens (tertiary/aromatic N) is 2. The molecule has 0 atom stereocenters. The van der Waals surface area contributed by atoms with Crippen LogP contribution in [0.1, 0.15) is 12.8 Å². The summed E-state index contributed by atoms with van der Waals surface area (Å²) >= 11 is 5.87. The zero-order valence-electron chi connectivity index (χ0n) is 11.6. The normalized spacial score (nSPS) is 16.0. The van der Waals surface area contributed by atoms with Crippen LogP contribution in [0.5, 0.6) is 11.5 Å². The number of pyridine rings is 1. The van der Waals surface area contributed by atoms with Gasteiger partial charge in [-0.1, -0.05) is 11.6 Å². The Balaban J connectivity index is 1.55. The summed E-state index contributed by atoms with van der Waals surface area (Å²) in [5, 5.41) is 9.99. The molecule has 1 fully saturated rings. The van der Waals surface area contributed by atoms with Gasteiger partial charge in [0, 0.05) is 31.0 Å². The Bertz CT molecular complexity index is 578. The first-order chi connectivity index (χ1) is 10.2. The Labute approximate surface area is 128 Å². The van der Waals surface area contributed by atoms with Crippen LogP contribution < -0.4 is 9.64 Å². The molecule has 1 N–H and O–H groups in total. The van der Waals surface area contributed by atoms with Gasteiger partial charge in [0.05, 0.1) is 6.20 Å². The summed E-state index contributed by atoms with van der Waals surface area (Å²) in [6, 6.07) is 11.0. The van der Waals surface area contributed by atoms with Crippen LogP contribution in [0.2, 0.25) is 5.02 Å². The summed E-state index contributed by atoms with van der Waals surface area (Å²) in [4.78, 5) is 6.45. The topological polar surface area (TPSA) is 45.6 Å². The van der Waals surface area contributed by atoms with Crippen molar-refractivity contribution in [1.82, 2.24) is 4.98 Å². The minimum Gasteiger partial charge on any atom is -0.506 e. The summed E-state index contributed by atoms with van der Waals surface area (Å²) in [5.41, 5.74) is 0. The number of ether oxygens (including phenoxy) is 1. The van der Waals surface area contributed by atoms with Gasteiger partial charge in [-0.15, -0.1) is 0 Å². The molecule has 0 saturated carbocycles. The van der Waals surface area contributed by atoms with Crippen molar-refractivity contribution in [2.24, 2.45) is 0 Å². The summed E-state index contributed by atoms with van der Waals surface area (Å²) in [7, 11) is 0. The van der Waals surface area contributed by atoms with E-state index in [4.69, 9.17) is 16.3 Å². The lowest BCUT2D eigenvalue weighted by molar-refractivity contribution is 0.170. The lowest BCUT2D eigenvalue weighted by atomic mass is 10.1. The average Bonchev–Trinajstić information content (AvgIpc) is 2.51. The molecule has 21 heavy (non-hydrogen) atoms. The number of anilines is 1. The molecule has 0 aliphatic carbocycles. The third-order valence-electron chi connectivity index (χ3n) is 3.61. The van der Waals surface area contributed by atoms with Gasteiger partial charge in [-0.05, 0) is 36.4 Å². The van der Waals surface area contributed by atoms with Crippen molar-refractivity contribution in [3.63, 3.8) is 0 Å². The van der Waals surface area contributed by atoms with E-state index in [1.807, 2.05) is 30.3 Å². The van der Waals surface area contributed by atoms with Crippen LogP contribution in [0.25, 0.3) is 0 Å². The van der Waals surface area contributed by atoms with Crippen LogP contribution in [0.3, 0.4) is 0 Å². The van der Waals surface area contributed by atoms with Crippen LogP contribution in [-0.2, 0) is 0 Å². The summed E-state index contributed by atoms with van der Waals surface area (Å²) < 4.78 is 5.97. The second kappa shape index (κ2) is 6.22. The number of aromatic hydroxyl groups is 1. The fourth-order valence-electron chi connectivity index (χ4n) is 2.47. The van der Waals surface area contributed by atoms with Crippen LogP contribution in [0.4, 0.5) is 5.82 Å². The molecule has 0 unspecified atom stereocenters. The van der Waals surface area contributed by atoms with Gasteiger partial charge >= 0.3 is 0 Å². The molecule has 1 aliphatic heterocycles. The van der Waals surface area contributed by atoms with Crippen molar-refractivity contribution in [2.75, 3.05) is 18.0 Å². The minimum atomic E-state index is 0.194. The highest BCUT2D eigenvalue weighted by molar-refractivity contribution is 6.30. The molecule has 1 aliphatic rings. The third-order valence-corrected chi connectivity index (χ3v) is 3.87. The predicted octanol–water partition coefficient (Wildman–Crippen LogP) is 3.49. The van der Waals surface area contributed by atoms with Gasteiger partial charge in [-0.3, -0.25) is 0 Å². The van der Waals surface area contributed by atoms with Crippen molar-refractivity contribution < 1.29 is 9.84 Å². The minimum absolute atomic E-state index is 0.194. The highest BCUT2D eigenvalue weighted by atomic mass is 35.5. The second-order valence-corrected chi connectivity index (χ2v) is 5.57. The molecular formula is C16H17ClN2O2. The molecule has 2 aromatic rings. The number of aromatic nitrogens is 1. The van der Waals surface area contributed by atoms with Crippen molar-refractivity contribution in [1.29, 1.82) is 0 Å². The third kappa shape index (κ3) is 3.58. The number of halogens is 1. The average molecular weight is 305 g/mol. The molecule has 1 saturated heterocycles. The maximum absolute atomic E-state index is 9.27. The Morgan fingerprint density at radius 3 is 2.43 bits per heavy atom. The Hall–Kier alpha value is -1.94. The maximum Gasteiger partial charge on any atom is 0.134 e. The molecule has 0 bridgehead atoms.